The third-order valence-electron chi connectivity index (χ3n) is 3.16. The van der Waals surface area contributed by atoms with E-state index in [1.165, 1.54) is 0 Å². The maximum absolute atomic E-state index is 11.0. The third kappa shape index (κ3) is 4.13. The first-order valence-corrected chi connectivity index (χ1v) is 6.95. The van der Waals surface area contributed by atoms with E-state index in [1.807, 2.05) is 19.1 Å². The van der Waals surface area contributed by atoms with Crippen LogP contribution in [0.25, 0.3) is 0 Å². The number of methoxy groups -OCH3 is 2. The maximum atomic E-state index is 11.0. The minimum absolute atomic E-state index is 0.320. The van der Waals surface area contributed by atoms with Gasteiger partial charge >= 0.3 is 5.97 Å². The van der Waals surface area contributed by atoms with Crippen molar-refractivity contribution in [1.29, 1.82) is 0 Å². The number of ether oxygens (including phenoxy) is 2. The highest BCUT2D eigenvalue weighted by Crippen LogP contribution is 2.33. The van der Waals surface area contributed by atoms with Crippen molar-refractivity contribution < 1.29 is 19.4 Å². The fourth-order valence-electron chi connectivity index (χ4n) is 1.95. The summed E-state index contributed by atoms with van der Waals surface area (Å²) < 4.78 is 11.4. The SMILES string of the molecule is CCC(CCc1cc(OC)c(Br)cc1OC)C(=O)O. The molecule has 1 unspecified atom stereocenters. The quantitative estimate of drug-likeness (QED) is 0.831. The summed E-state index contributed by atoms with van der Waals surface area (Å²) in [6, 6.07) is 3.73. The van der Waals surface area contributed by atoms with Crippen LogP contribution in [0.4, 0.5) is 0 Å². The van der Waals surface area contributed by atoms with E-state index in [-0.39, 0.29) is 5.92 Å². The molecule has 0 aliphatic rings. The Balaban J connectivity index is 2.90. The molecule has 0 aromatic heterocycles. The average Bonchev–Trinajstić information content (AvgIpc) is 2.39. The van der Waals surface area contributed by atoms with E-state index in [1.54, 1.807) is 14.2 Å². The lowest BCUT2D eigenvalue weighted by atomic mass is 9.97. The third-order valence-corrected chi connectivity index (χ3v) is 3.78. The zero-order valence-corrected chi connectivity index (χ0v) is 13.0. The predicted octanol–water partition coefficient (Wildman–Crippen LogP) is 3.51. The lowest BCUT2D eigenvalue weighted by molar-refractivity contribution is -0.142. The van der Waals surface area contributed by atoms with Gasteiger partial charge in [-0.1, -0.05) is 6.92 Å². The number of halogens is 1. The number of carboxylic acid groups (broad SMARTS) is 1. The van der Waals surface area contributed by atoms with Gasteiger partial charge in [-0.05, 0) is 52.9 Å². The Morgan fingerprint density at radius 3 is 2.42 bits per heavy atom. The molecule has 1 aromatic rings. The first-order valence-electron chi connectivity index (χ1n) is 6.16. The number of aliphatic carboxylic acids is 1. The zero-order chi connectivity index (χ0) is 14.4. The molecule has 1 aromatic carbocycles. The van der Waals surface area contributed by atoms with E-state index in [0.717, 1.165) is 21.5 Å². The van der Waals surface area contributed by atoms with Gasteiger partial charge in [0.15, 0.2) is 0 Å². The van der Waals surface area contributed by atoms with E-state index in [9.17, 15) is 4.79 Å². The minimum Gasteiger partial charge on any atom is -0.496 e. The van der Waals surface area contributed by atoms with E-state index < -0.39 is 5.97 Å². The standard InChI is InChI=1S/C14H19BrO4/c1-4-9(14(16)17)5-6-10-7-13(19-3)11(15)8-12(10)18-2/h7-9H,4-6H2,1-3H3,(H,16,17). The number of rotatable bonds is 7. The van der Waals surface area contributed by atoms with Crippen LogP contribution < -0.4 is 9.47 Å². The number of hydrogen-bond donors (Lipinski definition) is 1. The minimum atomic E-state index is -0.745. The van der Waals surface area contributed by atoms with E-state index in [2.05, 4.69) is 15.9 Å². The van der Waals surface area contributed by atoms with Gasteiger partial charge in [-0.3, -0.25) is 4.79 Å². The number of aryl methyl sites for hydroxylation is 1. The van der Waals surface area contributed by atoms with Crippen LogP contribution in [-0.4, -0.2) is 25.3 Å². The molecule has 0 radical (unpaired) electrons. The summed E-state index contributed by atoms with van der Waals surface area (Å²) in [6.07, 6.45) is 1.87. The highest BCUT2D eigenvalue weighted by molar-refractivity contribution is 9.10. The average molecular weight is 331 g/mol. The molecule has 19 heavy (non-hydrogen) atoms. The van der Waals surface area contributed by atoms with Crippen molar-refractivity contribution in [3.63, 3.8) is 0 Å². The van der Waals surface area contributed by atoms with Crippen molar-refractivity contribution in [1.82, 2.24) is 0 Å². The fraction of sp³-hybridized carbons (Fsp3) is 0.500. The van der Waals surface area contributed by atoms with Crippen molar-refractivity contribution in [2.75, 3.05) is 14.2 Å². The zero-order valence-electron chi connectivity index (χ0n) is 11.4. The molecular formula is C14H19BrO4. The lowest BCUT2D eigenvalue weighted by Gasteiger charge is -2.14. The van der Waals surface area contributed by atoms with Crippen molar-refractivity contribution in [2.24, 2.45) is 5.92 Å². The highest BCUT2D eigenvalue weighted by atomic mass is 79.9. The molecule has 0 fully saturated rings. The Morgan fingerprint density at radius 2 is 1.95 bits per heavy atom. The smallest absolute Gasteiger partial charge is 0.306 e. The van der Waals surface area contributed by atoms with Gasteiger partial charge in [-0.25, -0.2) is 0 Å². The first-order chi connectivity index (χ1) is 9.03. The van der Waals surface area contributed by atoms with Crippen molar-refractivity contribution in [2.45, 2.75) is 26.2 Å². The molecule has 4 nitrogen and oxygen atoms in total. The van der Waals surface area contributed by atoms with Crippen LogP contribution in [0, 0.1) is 5.92 Å². The van der Waals surface area contributed by atoms with Crippen LogP contribution in [0.3, 0.4) is 0 Å². The van der Waals surface area contributed by atoms with Crippen LogP contribution in [0.5, 0.6) is 11.5 Å². The predicted molar refractivity (Wildman–Crippen MR) is 77.0 cm³/mol. The monoisotopic (exact) mass is 330 g/mol. The number of benzene rings is 1. The summed E-state index contributed by atoms with van der Waals surface area (Å²) in [5, 5.41) is 9.06. The second-order valence-corrected chi connectivity index (χ2v) is 5.14. The van der Waals surface area contributed by atoms with Crippen LogP contribution in [0.2, 0.25) is 0 Å². The molecule has 0 amide bonds. The van der Waals surface area contributed by atoms with Gasteiger partial charge in [0.1, 0.15) is 11.5 Å². The molecule has 0 saturated carbocycles. The number of carbonyl (C=O) groups is 1. The highest BCUT2D eigenvalue weighted by Gasteiger charge is 2.17. The number of hydrogen-bond acceptors (Lipinski definition) is 3. The topological polar surface area (TPSA) is 55.8 Å². The lowest BCUT2D eigenvalue weighted by Crippen LogP contribution is -2.13. The first kappa shape index (κ1) is 15.8. The maximum Gasteiger partial charge on any atom is 0.306 e. The Kier molecular flexibility index (Phi) is 6.15. The summed E-state index contributed by atoms with van der Waals surface area (Å²) in [6.45, 7) is 1.89. The normalized spacial score (nSPS) is 12.0. The Bertz CT molecular complexity index is 445. The van der Waals surface area contributed by atoms with Crippen molar-refractivity contribution in [3.05, 3.63) is 22.2 Å². The molecule has 1 N–H and O–H groups in total. The van der Waals surface area contributed by atoms with Gasteiger partial charge < -0.3 is 14.6 Å². The molecule has 0 heterocycles. The van der Waals surface area contributed by atoms with Crippen LogP contribution >= 0.6 is 15.9 Å². The Labute approximate surface area is 121 Å². The van der Waals surface area contributed by atoms with Crippen LogP contribution in [0.1, 0.15) is 25.3 Å². The largest absolute Gasteiger partial charge is 0.496 e. The summed E-state index contributed by atoms with van der Waals surface area (Å²) in [7, 11) is 3.20. The molecule has 0 aliphatic heterocycles. The molecule has 1 rings (SSSR count). The molecule has 1 atom stereocenters. The molecule has 106 valence electrons. The van der Waals surface area contributed by atoms with Gasteiger partial charge in [-0.2, -0.15) is 0 Å². The van der Waals surface area contributed by atoms with Crippen molar-refractivity contribution >= 4 is 21.9 Å². The molecule has 0 bridgehead atoms. The van der Waals surface area contributed by atoms with E-state index >= 15 is 0 Å². The fourth-order valence-corrected chi connectivity index (χ4v) is 2.44. The Morgan fingerprint density at radius 1 is 1.32 bits per heavy atom. The van der Waals surface area contributed by atoms with E-state index in [0.29, 0.717) is 19.3 Å². The molecule has 0 spiro atoms. The van der Waals surface area contributed by atoms with Gasteiger partial charge in [0.2, 0.25) is 0 Å². The molecule has 0 aliphatic carbocycles. The van der Waals surface area contributed by atoms with Gasteiger partial charge in [0.25, 0.3) is 0 Å². The number of carboxylic acids is 1. The second-order valence-electron chi connectivity index (χ2n) is 4.28. The molecule has 0 saturated heterocycles. The van der Waals surface area contributed by atoms with E-state index in [4.69, 9.17) is 14.6 Å². The van der Waals surface area contributed by atoms with Crippen LogP contribution in [-0.2, 0) is 11.2 Å². The summed E-state index contributed by atoms with van der Waals surface area (Å²) in [5.74, 6) is 0.400. The van der Waals surface area contributed by atoms with Gasteiger partial charge in [-0.15, -0.1) is 0 Å². The van der Waals surface area contributed by atoms with Crippen LogP contribution in [0.15, 0.2) is 16.6 Å². The van der Waals surface area contributed by atoms with Gasteiger partial charge in [0, 0.05) is 0 Å². The molecule has 5 heteroatoms. The van der Waals surface area contributed by atoms with Crippen molar-refractivity contribution in [3.8, 4) is 11.5 Å². The molecular weight excluding hydrogens is 312 g/mol. The second kappa shape index (κ2) is 7.38. The van der Waals surface area contributed by atoms with Gasteiger partial charge in [0.05, 0.1) is 24.6 Å². The Hall–Kier alpha value is -1.23. The summed E-state index contributed by atoms with van der Waals surface area (Å²) >= 11 is 3.40. The summed E-state index contributed by atoms with van der Waals surface area (Å²) in [4.78, 5) is 11.0. The summed E-state index contributed by atoms with van der Waals surface area (Å²) in [5.41, 5.74) is 0.960.